The van der Waals surface area contributed by atoms with Crippen molar-refractivity contribution in [3.63, 3.8) is 0 Å². The van der Waals surface area contributed by atoms with Gasteiger partial charge in [-0.25, -0.2) is 0 Å². The minimum atomic E-state index is 0.824. The van der Waals surface area contributed by atoms with Crippen molar-refractivity contribution in [2.24, 2.45) is 5.92 Å². The second-order valence-electron chi connectivity index (χ2n) is 8.13. The molecular weight excluding hydrogens is 278 g/mol. The average molecular weight is 324 g/mol. The van der Waals surface area contributed by atoms with Crippen molar-refractivity contribution in [1.82, 2.24) is 4.90 Å². The highest BCUT2D eigenvalue weighted by atomic mass is 15.2. The lowest BCUT2D eigenvalue weighted by Gasteiger charge is -2.43. The quantitative estimate of drug-likeness (QED) is 0.324. The van der Waals surface area contributed by atoms with Crippen molar-refractivity contribution in [3.8, 4) is 0 Å². The van der Waals surface area contributed by atoms with Gasteiger partial charge in [0.2, 0.25) is 0 Å². The summed E-state index contributed by atoms with van der Waals surface area (Å²) < 4.78 is 0. The summed E-state index contributed by atoms with van der Waals surface area (Å²) >= 11 is 0. The molecule has 0 radical (unpaired) electrons. The van der Waals surface area contributed by atoms with Crippen LogP contribution in [0.2, 0.25) is 0 Å². The third-order valence-electron chi connectivity index (χ3n) is 5.98. The van der Waals surface area contributed by atoms with Crippen LogP contribution in [0, 0.1) is 5.92 Å². The average Bonchev–Trinajstić information content (AvgIpc) is 2.55. The first kappa shape index (κ1) is 21.0. The van der Waals surface area contributed by atoms with E-state index in [0.29, 0.717) is 0 Å². The Labute approximate surface area is 147 Å². The molecule has 138 valence electrons. The molecule has 0 spiro atoms. The van der Waals surface area contributed by atoms with Crippen LogP contribution < -0.4 is 0 Å². The fraction of sp³-hybridized carbons (Fsp3) is 1.00. The first-order valence-electron chi connectivity index (χ1n) is 11.0. The van der Waals surface area contributed by atoms with Crippen LogP contribution in [0.15, 0.2) is 0 Å². The molecule has 3 atom stereocenters. The number of hydrogen-bond donors (Lipinski definition) is 0. The molecule has 0 bridgehead atoms. The number of unbranched alkanes of at least 4 members (excludes halogenated alkanes) is 6. The van der Waals surface area contributed by atoms with E-state index in [2.05, 4.69) is 32.6 Å². The monoisotopic (exact) mass is 323 g/mol. The predicted molar refractivity (Wildman–Crippen MR) is 105 cm³/mol. The van der Waals surface area contributed by atoms with Gasteiger partial charge in [0.05, 0.1) is 0 Å². The van der Waals surface area contributed by atoms with E-state index in [9.17, 15) is 0 Å². The molecule has 1 heterocycles. The molecule has 1 saturated heterocycles. The molecule has 0 aromatic heterocycles. The minimum Gasteiger partial charge on any atom is -0.297 e. The van der Waals surface area contributed by atoms with E-state index in [1.165, 1.54) is 96.4 Å². The van der Waals surface area contributed by atoms with Crippen LogP contribution in [-0.2, 0) is 0 Å². The Hall–Kier alpha value is -0.0400. The summed E-state index contributed by atoms with van der Waals surface area (Å²) in [6.45, 7) is 10.9. The van der Waals surface area contributed by atoms with E-state index in [1.807, 2.05) is 0 Å². The van der Waals surface area contributed by atoms with Crippen molar-refractivity contribution in [2.45, 2.75) is 130 Å². The van der Waals surface area contributed by atoms with E-state index < -0.39 is 0 Å². The number of piperidine rings is 1. The van der Waals surface area contributed by atoms with E-state index in [1.54, 1.807) is 0 Å². The van der Waals surface area contributed by atoms with Crippen molar-refractivity contribution in [3.05, 3.63) is 0 Å². The maximum atomic E-state index is 2.93. The molecule has 1 heteroatoms. The van der Waals surface area contributed by atoms with Gasteiger partial charge in [-0.2, -0.15) is 0 Å². The molecule has 0 aromatic carbocycles. The fourth-order valence-electron chi connectivity index (χ4n) is 4.45. The van der Waals surface area contributed by atoms with Gasteiger partial charge in [0.25, 0.3) is 0 Å². The Morgan fingerprint density at radius 3 is 2.04 bits per heavy atom. The second-order valence-corrected chi connectivity index (χ2v) is 8.13. The molecule has 23 heavy (non-hydrogen) atoms. The summed E-state index contributed by atoms with van der Waals surface area (Å²) in [6.07, 6.45) is 20.0. The maximum Gasteiger partial charge on any atom is 0.00981 e. The first-order chi connectivity index (χ1) is 11.2. The van der Waals surface area contributed by atoms with Crippen LogP contribution in [0.5, 0.6) is 0 Å². The molecule has 0 aromatic rings. The molecule has 1 fully saturated rings. The van der Waals surface area contributed by atoms with Crippen LogP contribution in [0.3, 0.4) is 0 Å². The predicted octanol–water partition coefficient (Wildman–Crippen LogP) is 7.20. The minimum absolute atomic E-state index is 0.824. The van der Waals surface area contributed by atoms with Crippen molar-refractivity contribution in [2.75, 3.05) is 6.54 Å². The van der Waals surface area contributed by atoms with Crippen LogP contribution in [0.4, 0.5) is 0 Å². The SMILES string of the molecule is CCCCCCCC(CCCCC)N1CC(CCC)CCC1C. The van der Waals surface area contributed by atoms with Gasteiger partial charge < -0.3 is 0 Å². The van der Waals surface area contributed by atoms with Crippen LogP contribution in [0.25, 0.3) is 0 Å². The standard InChI is InChI=1S/C22H45N/c1-5-8-10-11-13-16-22(15-12-9-6-2)23-19-21(14-7-3)18-17-20(23)4/h20-22H,5-19H2,1-4H3. The van der Waals surface area contributed by atoms with Gasteiger partial charge in [-0.15, -0.1) is 0 Å². The zero-order valence-corrected chi connectivity index (χ0v) is 16.8. The van der Waals surface area contributed by atoms with Crippen molar-refractivity contribution < 1.29 is 0 Å². The van der Waals surface area contributed by atoms with Crippen LogP contribution in [-0.4, -0.2) is 23.5 Å². The lowest BCUT2D eigenvalue weighted by atomic mass is 9.87. The number of nitrogens with zero attached hydrogens (tertiary/aromatic N) is 1. The number of likely N-dealkylation sites (tertiary alicyclic amines) is 1. The number of rotatable bonds is 13. The Morgan fingerprint density at radius 1 is 0.783 bits per heavy atom. The maximum absolute atomic E-state index is 2.93. The molecule has 1 aliphatic rings. The van der Waals surface area contributed by atoms with E-state index in [4.69, 9.17) is 0 Å². The Morgan fingerprint density at radius 2 is 1.39 bits per heavy atom. The Bertz CT molecular complexity index is 263. The summed E-state index contributed by atoms with van der Waals surface area (Å²) in [4.78, 5) is 2.93. The highest BCUT2D eigenvalue weighted by Gasteiger charge is 2.29. The summed E-state index contributed by atoms with van der Waals surface area (Å²) in [5, 5.41) is 0. The summed E-state index contributed by atoms with van der Waals surface area (Å²) in [5.41, 5.74) is 0. The zero-order valence-electron chi connectivity index (χ0n) is 16.8. The molecule has 1 rings (SSSR count). The summed E-state index contributed by atoms with van der Waals surface area (Å²) in [6, 6.07) is 1.70. The molecule has 1 aliphatic heterocycles. The first-order valence-corrected chi connectivity index (χ1v) is 11.0. The fourth-order valence-corrected chi connectivity index (χ4v) is 4.45. The van der Waals surface area contributed by atoms with Gasteiger partial charge in [-0.3, -0.25) is 4.90 Å². The lowest BCUT2D eigenvalue weighted by Crippen LogP contribution is -2.48. The van der Waals surface area contributed by atoms with E-state index in [0.717, 1.165) is 18.0 Å². The van der Waals surface area contributed by atoms with Crippen molar-refractivity contribution in [1.29, 1.82) is 0 Å². The number of hydrogen-bond acceptors (Lipinski definition) is 1. The molecule has 0 aliphatic carbocycles. The van der Waals surface area contributed by atoms with Gasteiger partial charge in [-0.1, -0.05) is 78.6 Å². The van der Waals surface area contributed by atoms with Gasteiger partial charge in [0, 0.05) is 18.6 Å². The smallest absolute Gasteiger partial charge is 0.00981 e. The third kappa shape index (κ3) is 8.57. The molecule has 3 unspecified atom stereocenters. The summed E-state index contributed by atoms with van der Waals surface area (Å²) in [5.74, 6) is 0.977. The van der Waals surface area contributed by atoms with Crippen molar-refractivity contribution >= 4 is 0 Å². The van der Waals surface area contributed by atoms with Gasteiger partial charge >= 0.3 is 0 Å². The van der Waals surface area contributed by atoms with E-state index in [-0.39, 0.29) is 0 Å². The van der Waals surface area contributed by atoms with Gasteiger partial charge in [0.1, 0.15) is 0 Å². The molecular formula is C22H45N. The topological polar surface area (TPSA) is 3.24 Å². The van der Waals surface area contributed by atoms with Crippen LogP contribution in [0.1, 0.15) is 118 Å². The lowest BCUT2D eigenvalue weighted by molar-refractivity contribution is 0.0575. The van der Waals surface area contributed by atoms with Gasteiger partial charge in [-0.05, 0) is 44.9 Å². The molecule has 0 N–H and O–H groups in total. The van der Waals surface area contributed by atoms with Gasteiger partial charge in [0.15, 0.2) is 0 Å². The highest BCUT2D eigenvalue weighted by Crippen LogP contribution is 2.30. The third-order valence-corrected chi connectivity index (χ3v) is 5.98. The second kappa shape index (κ2) is 13.3. The molecule has 0 amide bonds. The molecule has 0 saturated carbocycles. The Kier molecular flexibility index (Phi) is 12.1. The zero-order chi connectivity index (χ0) is 16.9. The normalized spacial score (nSPS) is 24.0. The van der Waals surface area contributed by atoms with Crippen LogP contribution >= 0.6 is 0 Å². The van der Waals surface area contributed by atoms with E-state index >= 15 is 0 Å². The highest BCUT2D eigenvalue weighted by molar-refractivity contribution is 4.84. The Balaban J connectivity index is 2.49. The summed E-state index contributed by atoms with van der Waals surface area (Å²) in [7, 11) is 0. The molecule has 1 nitrogen and oxygen atoms in total. The largest absolute Gasteiger partial charge is 0.297 e.